The quantitative estimate of drug-likeness (QED) is 0.781. The average Bonchev–Trinajstić information content (AvgIpc) is 3.09. The van der Waals surface area contributed by atoms with Gasteiger partial charge in [0.25, 0.3) is 0 Å². The molecule has 1 aromatic heterocycles. The van der Waals surface area contributed by atoms with Gasteiger partial charge < -0.3 is 19.7 Å². The Kier molecular flexibility index (Phi) is 5.75. The Morgan fingerprint density at radius 1 is 1.52 bits per heavy atom. The largest absolute Gasteiger partial charge is 0.393 e. The second kappa shape index (κ2) is 7.40. The van der Waals surface area contributed by atoms with Crippen LogP contribution in [0.25, 0.3) is 0 Å². The number of ether oxygens (including phenoxy) is 1. The molecule has 7 nitrogen and oxygen atoms in total. The normalized spacial score (nSPS) is 24.8. The molecule has 0 bridgehead atoms. The van der Waals surface area contributed by atoms with E-state index in [2.05, 4.69) is 15.5 Å². The Morgan fingerprint density at radius 3 is 2.87 bits per heavy atom. The molecule has 1 aromatic rings. The third kappa shape index (κ3) is 4.75. The number of aliphatic hydroxyl groups is 1. The highest BCUT2D eigenvalue weighted by atomic mass is 16.5. The molecule has 1 aliphatic rings. The van der Waals surface area contributed by atoms with E-state index in [-0.39, 0.29) is 30.0 Å². The van der Waals surface area contributed by atoms with Crippen LogP contribution in [0, 0.1) is 5.92 Å². The van der Waals surface area contributed by atoms with Crippen LogP contribution in [0.1, 0.15) is 51.8 Å². The third-order valence-electron chi connectivity index (χ3n) is 4.78. The van der Waals surface area contributed by atoms with E-state index in [1.807, 2.05) is 32.4 Å². The maximum Gasteiger partial charge on any atom is 0.246 e. The van der Waals surface area contributed by atoms with Gasteiger partial charge in [0.2, 0.25) is 5.91 Å². The minimum Gasteiger partial charge on any atom is -0.393 e. The summed E-state index contributed by atoms with van der Waals surface area (Å²) in [5.74, 6) is 0.987. The Morgan fingerprint density at radius 2 is 2.26 bits per heavy atom. The Balaban J connectivity index is 1.78. The molecule has 0 spiro atoms. The molecule has 1 amide bonds. The van der Waals surface area contributed by atoms with Crippen LogP contribution in [0.3, 0.4) is 0 Å². The number of aliphatic hydroxyl groups excluding tert-OH is 1. The van der Waals surface area contributed by atoms with Crippen molar-refractivity contribution in [1.82, 2.24) is 20.1 Å². The topological polar surface area (TPSA) is 89.3 Å². The van der Waals surface area contributed by atoms with Crippen LogP contribution >= 0.6 is 0 Å². The van der Waals surface area contributed by atoms with Gasteiger partial charge in [0.05, 0.1) is 11.7 Å². The number of aryl methyl sites for hydroxylation is 1. The minimum atomic E-state index is -0.426. The molecule has 1 saturated carbocycles. The van der Waals surface area contributed by atoms with Gasteiger partial charge in [-0.3, -0.25) is 4.79 Å². The average molecular weight is 324 g/mol. The standard InChI is InChI=1S/C16H28N4O3/c1-5-16(2,3)23-9-14(22)17-8-12-6-11(7-13(12)21)15-19-18-10-20(15)4/h10-13,21H,5-9H2,1-4H3,(H,17,22)/t11-,12+,13+/m0/s1. The molecule has 1 heterocycles. The summed E-state index contributed by atoms with van der Waals surface area (Å²) < 4.78 is 7.47. The van der Waals surface area contributed by atoms with Crippen LogP contribution in [0.4, 0.5) is 0 Å². The van der Waals surface area contributed by atoms with Gasteiger partial charge in [-0.1, -0.05) is 6.92 Å². The summed E-state index contributed by atoms with van der Waals surface area (Å²) in [6, 6.07) is 0. The first-order valence-corrected chi connectivity index (χ1v) is 8.25. The summed E-state index contributed by atoms with van der Waals surface area (Å²) in [5.41, 5.74) is -0.291. The lowest BCUT2D eigenvalue weighted by molar-refractivity contribution is -0.131. The zero-order valence-corrected chi connectivity index (χ0v) is 14.5. The number of aromatic nitrogens is 3. The molecule has 0 saturated heterocycles. The van der Waals surface area contributed by atoms with E-state index in [1.54, 1.807) is 6.33 Å². The molecule has 23 heavy (non-hydrogen) atoms. The van der Waals surface area contributed by atoms with E-state index < -0.39 is 6.10 Å². The van der Waals surface area contributed by atoms with Crippen molar-refractivity contribution in [3.63, 3.8) is 0 Å². The van der Waals surface area contributed by atoms with E-state index in [4.69, 9.17) is 4.74 Å². The molecule has 2 N–H and O–H groups in total. The van der Waals surface area contributed by atoms with Crippen molar-refractivity contribution < 1.29 is 14.6 Å². The maximum atomic E-state index is 11.9. The lowest BCUT2D eigenvalue weighted by atomic mass is 10.0. The fourth-order valence-corrected chi connectivity index (χ4v) is 2.85. The number of hydrogen-bond acceptors (Lipinski definition) is 5. The highest BCUT2D eigenvalue weighted by molar-refractivity contribution is 5.77. The van der Waals surface area contributed by atoms with Crippen molar-refractivity contribution in [2.75, 3.05) is 13.2 Å². The van der Waals surface area contributed by atoms with E-state index in [1.165, 1.54) is 0 Å². The molecule has 3 atom stereocenters. The number of carbonyl (C=O) groups excluding carboxylic acids is 1. The SMILES string of the molecule is CCC(C)(C)OCC(=O)NC[C@H]1C[C@H](c2nncn2C)C[C@H]1O. The van der Waals surface area contributed by atoms with Gasteiger partial charge in [-0.2, -0.15) is 0 Å². The number of amides is 1. The highest BCUT2D eigenvalue weighted by Crippen LogP contribution is 2.37. The second-order valence-electron chi connectivity index (χ2n) is 7.00. The van der Waals surface area contributed by atoms with Crippen LogP contribution in [0.2, 0.25) is 0 Å². The number of rotatable bonds is 7. The van der Waals surface area contributed by atoms with Crippen molar-refractivity contribution in [1.29, 1.82) is 0 Å². The van der Waals surface area contributed by atoms with Crippen LogP contribution < -0.4 is 5.32 Å². The molecule has 1 fully saturated rings. The predicted octanol–water partition coefficient (Wildman–Crippen LogP) is 0.991. The first-order chi connectivity index (χ1) is 10.8. The first-order valence-electron chi connectivity index (χ1n) is 8.25. The Labute approximate surface area is 137 Å². The minimum absolute atomic E-state index is 0.0415. The van der Waals surface area contributed by atoms with Crippen LogP contribution in [-0.2, 0) is 16.6 Å². The fraction of sp³-hybridized carbons (Fsp3) is 0.812. The van der Waals surface area contributed by atoms with Gasteiger partial charge in [0.15, 0.2) is 0 Å². The third-order valence-corrected chi connectivity index (χ3v) is 4.78. The van der Waals surface area contributed by atoms with E-state index in [0.717, 1.165) is 18.7 Å². The smallest absolute Gasteiger partial charge is 0.246 e. The van der Waals surface area contributed by atoms with Gasteiger partial charge in [-0.15, -0.1) is 10.2 Å². The molecule has 0 unspecified atom stereocenters. The second-order valence-corrected chi connectivity index (χ2v) is 7.00. The molecule has 0 aliphatic heterocycles. The summed E-state index contributed by atoms with van der Waals surface area (Å²) in [4.78, 5) is 11.9. The lowest BCUT2D eigenvalue weighted by Crippen LogP contribution is -2.37. The highest BCUT2D eigenvalue weighted by Gasteiger charge is 2.36. The summed E-state index contributed by atoms with van der Waals surface area (Å²) in [6.07, 6.45) is 3.55. The van der Waals surface area contributed by atoms with Crippen molar-refractivity contribution in [2.24, 2.45) is 13.0 Å². The molecule has 2 rings (SSSR count). The first kappa shape index (κ1) is 17.9. The predicted molar refractivity (Wildman–Crippen MR) is 85.8 cm³/mol. The fourth-order valence-electron chi connectivity index (χ4n) is 2.85. The van der Waals surface area contributed by atoms with Gasteiger partial charge >= 0.3 is 0 Å². The van der Waals surface area contributed by atoms with Crippen molar-refractivity contribution in [2.45, 2.75) is 57.7 Å². The van der Waals surface area contributed by atoms with Crippen LogP contribution in [-0.4, -0.2) is 50.6 Å². The molecule has 1 aliphatic carbocycles. The van der Waals surface area contributed by atoms with E-state index >= 15 is 0 Å². The van der Waals surface area contributed by atoms with E-state index in [9.17, 15) is 9.90 Å². The molecule has 130 valence electrons. The molecule has 0 aromatic carbocycles. The summed E-state index contributed by atoms with van der Waals surface area (Å²) >= 11 is 0. The van der Waals surface area contributed by atoms with Crippen molar-refractivity contribution in [3.05, 3.63) is 12.2 Å². The maximum absolute atomic E-state index is 11.9. The number of hydrogen-bond donors (Lipinski definition) is 2. The molecular formula is C16H28N4O3. The molecule has 7 heteroatoms. The van der Waals surface area contributed by atoms with Gasteiger partial charge in [-0.05, 0) is 33.1 Å². The zero-order valence-electron chi connectivity index (χ0n) is 14.5. The van der Waals surface area contributed by atoms with Gasteiger partial charge in [0, 0.05) is 25.4 Å². The monoisotopic (exact) mass is 324 g/mol. The molecule has 0 radical (unpaired) electrons. The Bertz CT molecular complexity index is 529. The van der Waals surface area contributed by atoms with Crippen LogP contribution in [0.5, 0.6) is 0 Å². The zero-order chi connectivity index (χ0) is 17.0. The molecular weight excluding hydrogens is 296 g/mol. The number of carbonyl (C=O) groups is 1. The van der Waals surface area contributed by atoms with Crippen molar-refractivity contribution >= 4 is 5.91 Å². The van der Waals surface area contributed by atoms with Crippen molar-refractivity contribution in [3.8, 4) is 0 Å². The summed E-state index contributed by atoms with van der Waals surface area (Å²) in [5, 5.41) is 21.1. The van der Waals surface area contributed by atoms with Gasteiger partial charge in [0.1, 0.15) is 18.8 Å². The van der Waals surface area contributed by atoms with Gasteiger partial charge in [-0.25, -0.2) is 0 Å². The van der Waals surface area contributed by atoms with Crippen LogP contribution in [0.15, 0.2) is 6.33 Å². The lowest BCUT2D eigenvalue weighted by Gasteiger charge is -2.23. The summed E-state index contributed by atoms with van der Waals surface area (Å²) in [7, 11) is 1.91. The van der Waals surface area contributed by atoms with E-state index in [0.29, 0.717) is 13.0 Å². The summed E-state index contributed by atoms with van der Waals surface area (Å²) in [6.45, 7) is 6.47. The number of nitrogens with zero attached hydrogens (tertiary/aromatic N) is 3. The number of nitrogens with one attached hydrogen (secondary N) is 1. The Hall–Kier alpha value is -1.47.